The quantitative estimate of drug-likeness (QED) is 0.412. The number of amides is 3. The summed E-state index contributed by atoms with van der Waals surface area (Å²) in [6, 6.07) is 18.4. The SMILES string of the molecule is Cc1ccccc1C(=O)NC(=O)Nc1ccc(SC(C)c2ccc(C(F)(F)F)cc2)cc1. The number of nitrogens with one attached hydrogen (secondary N) is 2. The molecule has 3 aromatic rings. The van der Waals surface area contributed by atoms with Crippen molar-refractivity contribution < 1.29 is 22.8 Å². The van der Waals surface area contributed by atoms with E-state index < -0.39 is 23.7 Å². The van der Waals surface area contributed by atoms with Gasteiger partial charge in [-0.15, -0.1) is 11.8 Å². The van der Waals surface area contributed by atoms with Gasteiger partial charge in [-0.25, -0.2) is 4.79 Å². The zero-order valence-corrected chi connectivity index (χ0v) is 18.2. The second-order valence-electron chi connectivity index (χ2n) is 7.13. The highest BCUT2D eigenvalue weighted by atomic mass is 32.2. The number of aryl methyl sites for hydroxylation is 1. The molecule has 0 aromatic heterocycles. The van der Waals surface area contributed by atoms with Crippen LogP contribution in [0.2, 0.25) is 0 Å². The number of alkyl halides is 3. The number of anilines is 1. The minimum Gasteiger partial charge on any atom is -0.308 e. The molecule has 3 amide bonds. The van der Waals surface area contributed by atoms with E-state index in [9.17, 15) is 22.8 Å². The molecule has 8 heteroatoms. The molecule has 0 aliphatic carbocycles. The summed E-state index contributed by atoms with van der Waals surface area (Å²) in [7, 11) is 0. The summed E-state index contributed by atoms with van der Waals surface area (Å²) >= 11 is 1.48. The highest BCUT2D eigenvalue weighted by Gasteiger charge is 2.30. The minimum atomic E-state index is -4.35. The summed E-state index contributed by atoms with van der Waals surface area (Å²) < 4.78 is 38.1. The lowest BCUT2D eigenvalue weighted by molar-refractivity contribution is -0.137. The van der Waals surface area contributed by atoms with E-state index in [0.717, 1.165) is 28.2 Å². The largest absolute Gasteiger partial charge is 0.416 e. The Kier molecular flexibility index (Phi) is 7.25. The Bertz CT molecular complexity index is 1100. The number of carbonyl (C=O) groups excluding carboxylic acids is 2. The molecule has 3 rings (SSSR count). The number of urea groups is 1. The fraction of sp³-hybridized carbons (Fsp3) is 0.167. The minimum absolute atomic E-state index is 0.0638. The van der Waals surface area contributed by atoms with E-state index in [1.165, 1.54) is 23.9 Å². The maximum absolute atomic E-state index is 12.7. The number of imide groups is 1. The fourth-order valence-corrected chi connectivity index (χ4v) is 3.99. The van der Waals surface area contributed by atoms with Gasteiger partial charge in [0, 0.05) is 21.4 Å². The normalized spacial score (nSPS) is 12.2. The van der Waals surface area contributed by atoms with Gasteiger partial charge < -0.3 is 5.32 Å². The van der Waals surface area contributed by atoms with Gasteiger partial charge in [-0.2, -0.15) is 13.2 Å². The van der Waals surface area contributed by atoms with E-state index in [0.29, 0.717) is 11.3 Å². The summed E-state index contributed by atoms with van der Waals surface area (Å²) in [5.41, 5.74) is 1.80. The molecule has 0 aliphatic heterocycles. The first-order valence-electron chi connectivity index (χ1n) is 9.75. The zero-order chi connectivity index (χ0) is 23.3. The first-order chi connectivity index (χ1) is 15.1. The molecule has 0 bridgehead atoms. The maximum atomic E-state index is 12.7. The standard InChI is InChI=1S/C24H21F3N2O2S/c1-15-5-3-4-6-21(15)22(30)29-23(31)28-19-11-13-20(14-12-19)32-16(2)17-7-9-18(10-8-17)24(25,26)27/h3-14,16H,1-2H3,(H2,28,29,30,31). The molecule has 1 atom stereocenters. The van der Waals surface area contributed by atoms with Crippen LogP contribution in [0.5, 0.6) is 0 Å². The molecule has 0 heterocycles. The van der Waals surface area contributed by atoms with Crippen molar-refractivity contribution in [3.63, 3.8) is 0 Å². The van der Waals surface area contributed by atoms with E-state index in [1.807, 2.05) is 13.0 Å². The van der Waals surface area contributed by atoms with Gasteiger partial charge in [0.1, 0.15) is 0 Å². The van der Waals surface area contributed by atoms with Gasteiger partial charge in [-0.1, -0.05) is 30.3 Å². The van der Waals surface area contributed by atoms with Gasteiger partial charge in [-0.05, 0) is 67.4 Å². The molecule has 0 spiro atoms. The first-order valence-corrected chi connectivity index (χ1v) is 10.6. The van der Waals surface area contributed by atoms with Crippen LogP contribution in [0.25, 0.3) is 0 Å². The molecule has 166 valence electrons. The predicted octanol–water partition coefficient (Wildman–Crippen LogP) is 6.83. The van der Waals surface area contributed by atoms with Crippen molar-refractivity contribution in [1.29, 1.82) is 0 Å². The van der Waals surface area contributed by atoms with Gasteiger partial charge in [0.2, 0.25) is 0 Å². The molecule has 3 aromatic carbocycles. The van der Waals surface area contributed by atoms with Crippen LogP contribution in [-0.4, -0.2) is 11.9 Å². The molecule has 32 heavy (non-hydrogen) atoms. The highest BCUT2D eigenvalue weighted by molar-refractivity contribution is 7.99. The van der Waals surface area contributed by atoms with E-state index in [2.05, 4.69) is 10.6 Å². The predicted molar refractivity (Wildman–Crippen MR) is 120 cm³/mol. The van der Waals surface area contributed by atoms with E-state index >= 15 is 0 Å². The number of thioether (sulfide) groups is 1. The average Bonchev–Trinajstić information content (AvgIpc) is 2.74. The van der Waals surface area contributed by atoms with Crippen LogP contribution in [0.15, 0.2) is 77.7 Å². The van der Waals surface area contributed by atoms with Crippen LogP contribution in [-0.2, 0) is 6.18 Å². The summed E-state index contributed by atoms with van der Waals surface area (Å²) in [4.78, 5) is 25.2. The maximum Gasteiger partial charge on any atom is 0.416 e. The third-order valence-electron chi connectivity index (χ3n) is 4.75. The van der Waals surface area contributed by atoms with E-state index in [4.69, 9.17) is 0 Å². The molecule has 0 saturated carbocycles. The van der Waals surface area contributed by atoms with Gasteiger partial charge in [0.05, 0.1) is 5.56 Å². The second kappa shape index (κ2) is 9.91. The average molecular weight is 459 g/mol. The Hall–Kier alpha value is -3.26. The first kappa shape index (κ1) is 23.4. The van der Waals surface area contributed by atoms with Gasteiger partial charge in [0.15, 0.2) is 0 Å². The second-order valence-corrected chi connectivity index (χ2v) is 8.54. The van der Waals surface area contributed by atoms with Gasteiger partial charge in [0.25, 0.3) is 5.91 Å². The third-order valence-corrected chi connectivity index (χ3v) is 5.92. The zero-order valence-electron chi connectivity index (χ0n) is 17.4. The van der Waals surface area contributed by atoms with E-state index in [1.54, 1.807) is 49.4 Å². The molecule has 1 unspecified atom stereocenters. The molecular weight excluding hydrogens is 437 g/mol. The van der Waals surface area contributed by atoms with Crippen LogP contribution in [0.1, 0.15) is 39.2 Å². The highest BCUT2D eigenvalue weighted by Crippen LogP contribution is 2.36. The van der Waals surface area contributed by atoms with Crippen LogP contribution >= 0.6 is 11.8 Å². The smallest absolute Gasteiger partial charge is 0.308 e. The Morgan fingerprint density at radius 3 is 2.12 bits per heavy atom. The summed E-state index contributed by atoms with van der Waals surface area (Å²) in [5.74, 6) is -0.488. The number of hydrogen-bond acceptors (Lipinski definition) is 3. The Balaban J connectivity index is 1.56. The van der Waals surface area contributed by atoms with Crippen molar-refractivity contribution in [2.75, 3.05) is 5.32 Å². The Labute approximate surface area is 188 Å². The van der Waals surface area contributed by atoms with E-state index in [-0.39, 0.29) is 5.25 Å². The van der Waals surface area contributed by atoms with Crippen molar-refractivity contribution >= 4 is 29.4 Å². The number of carbonyl (C=O) groups is 2. The fourth-order valence-electron chi connectivity index (χ4n) is 2.99. The number of halogens is 3. The summed E-state index contributed by atoms with van der Waals surface area (Å²) in [6.45, 7) is 3.69. The molecule has 0 aliphatic rings. The lowest BCUT2D eigenvalue weighted by atomic mass is 10.1. The molecular formula is C24H21F3N2O2S. The molecule has 0 radical (unpaired) electrons. The van der Waals surface area contributed by atoms with Crippen LogP contribution < -0.4 is 10.6 Å². The third kappa shape index (κ3) is 6.13. The van der Waals surface area contributed by atoms with Crippen molar-refractivity contribution in [2.24, 2.45) is 0 Å². The molecule has 0 fully saturated rings. The lowest BCUT2D eigenvalue weighted by Gasteiger charge is -2.14. The van der Waals surface area contributed by atoms with Crippen molar-refractivity contribution in [1.82, 2.24) is 5.32 Å². The molecule has 0 saturated heterocycles. The summed E-state index contributed by atoms with van der Waals surface area (Å²) in [6.07, 6.45) is -4.35. The number of benzene rings is 3. The van der Waals surface area contributed by atoms with Gasteiger partial charge >= 0.3 is 12.2 Å². The van der Waals surface area contributed by atoms with Crippen LogP contribution in [0.3, 0.4) is 0 Å². The number of hydrogen-bond donors (Lipinski definition) is 2. The topological polar surface area (TPSA) is 58.2 Å². The summed E-state index contributed by atoms with van der Waals surface area (Å²) in [5, 5.41) is 4.84. The molecule has 4 nitrogen and oxygen atoms in total. The number of rotatable bonds is 5. The monoisotopic (exact) mass is 458 g/mol. The Morgan fingerprint density at radius 1 is 0.906 bits per heavy atom. The van der Waals surface area contributed by atoms with Crippen molar-refractivity contribution in [3.8, 4) is 0 Å². The lowest BCUT2D eigenvalue weighted by Crippen LogP contribution is -2.34. The van der Waals surface area contributed by atoms with Crippen molar-refractivity contribution in [3.05, 3.63) is 95.1 Å². The molecule has 2 N–H and O–H groups in total. The van der Waals surface area contributed by atoms with Crippen molar-refractivity contribution in [2.45, 2.75) is 30.2 Å². The van der Waals surface area contributed by atoms with Crippen LogP contribution in [0, 0.1) is 6.92 Å². The Morgan fingerprint density at radius 2 is 1.53 bits per heavy atom. The van der Waals surface area contributed by atoms with Crippen LogP contribution in [0.4, 0.5) is 23.7 Å². The van der Waals surface area contributed by atoms with Gasteiger partial charge in [-0.3, -0.25) is 10.1 Å².